The summed E-state index contributed by atoms with van der Waals surface area (Å²) in [7, 11) is 3.24. The van der Waals surface area contributed by atoms with E-state index in [4.69, 9.17) is 18.9 Å². The molecule has 9 nitrogen and oxygen atoms in total. The Morgan fingerprint density at radius 2 is 1.82 bits per heavy atom. The van der Waals surface area contributed by atoms with Crippen molar-refractivity contribution in [2.45, 2.75) is 51.6 Å². The van der Waals surface area contributed by atoms with Crippen LogP contribution in [0, 0.1) is 5.92 Å². The number of piperidine rings is 1. The number of alkyl carbamates (subject to hydrolysis) is 1. The molecular weight excluding hydrogens is 510 g/mol. The third-order valence-electron chi connectivity index (χ3n) is 6.97. The van der Waals surface area contributed by atoms with E-state index in [9.17, 15) is 9.59 Å². The fraction of sp³-hybridized carbons (Fsp3) is 0.548. The Labute approximate surface area is 238 Å². The van der Waals surface area contributed by atoms with Crippen LogP contribution in [0.4, 0.5) is 4.79 Å². The number of nitrogens with zero attached hydrogens (tertiary/aromatic N) is 1. The molecule has 1 saturated heterocycles. The highest BCUT2D eigenvalue weighted by Gasteiger charge is 2.32. The SMILES string of the molecule is COCCCOc1cc(C(=O)N(C(C)C)[C@H]2CNC[C@@H](COC(=O)NCCCc3ccccc3)C2)ccc1OC. The maximum atomic E-state index is 13.7. The van der Waals surface area contributed by atoms with E-state index >= 15 is 0 Å². The molecule has 0 aliphatic carbocycles. The van der Waals surface area contributed by atoms with Gasteiger partial charge in [-0.3, -0.25) is 4.79 Å². The summed E-state index contributed by atoms with van der Waals surface area (Å²) in [5, 5.41) is 6.27. The second-order valence-electron chi connectivity index (χ2n) is 10.4. The molecule has 220 valence electrons. The number of carbonyl (C=O) groups excluding carboxylic acids is 2. The normalized spacial score (nSPS) is 16.8. The summed E-state index contributed by atoms with van der Waals surface area (Å²) in [5.74, 6) is 1.17. The second kappa shape index (κ2) is 16.7. The van der Waals surface area contributed by atoms with Gasteiger partial charge in [-0.2, -0.15) is 0 Å². The van der Waals surface area contributed by atoms with Crippen molar-refractivity contribution in [2.24, 2.45) is 5.92 Å². The molecular formula is C31H45N3O6. The highest BCUT2D eigenvalue weighted by atomic mass is 16.5. The molecule has 1 aliphatic rings. The predicted molar refractivity (Wildman–Crippen MR) is 155 cm³/mol. The Hall–Kier alpha value is -3.30. The van der Waals surface area contributed by atoms with E-state index in [0.29, 0.717) is 50.0 Å². The standard InChI is InChI=1S/C31H45N3O6/c1-23(2)34(30(35)26-13-14-28(38-4)29(19-26)39-17-9-16-37-3)27-18-25(20-32-21-27)22-40-31(36)33-15-8-12-24-10-6-5-7-11-24/h5-7,10-11,13-14,19,23,25,27,32H,8-9,12,15-18,20-22H2,1-4H3,(H,33,36)/t25-,27+/m0/s1. The molecule has 1 heterocycles. The third-order valence-corrected chi connectivity index (χ3v) is 6.97. The van der Waals surface area contributed by atoms with E-state index in [2.05, 4.69) is 22.8 Å². The van der Waals surface area contributed by atoms with Gasteiger partial charge < -0.3 is 34.5 Å². The number of hydrogen-bond acceptors (Lipinski definition) is 7. The van der Waals surface area contributed by atoms with Crippen LogP contribution in [0.5, 0.6) is 11.5 Å². The minimum absolute atomic E-state index is 0.0138. The average Bonchev–Trinajstić information content (AvgIpc) is 2.97. The van der Waals surface area contributed by atoms with Gasteiger partial charge in [-0.1, -0.05) is 30.3 Å². The van der Waals surface area contributed by atoms with Crippen molar-refractivity contribution in [1.29, 1.82) is 0 Å². The lowest BCUT2D eigenvalue weighted by molar-refractivity contribution is 0.0478. The predicted octanol–water partition coefficient (Wildman–Crippen LogP) is 4.30. The topological polar surface area (TPSA) is 98.4 Å². The lowest BCUT2D eigenvalue weighted by Gasteiger charge is -2.40. The van der Waals surface area contributed by atoms with Crippen LogP contribution in [0.15, 0.2) is 48.5 Å². The molecule has 9 heteroatoms. The first kappa shape index (κ1) is 31.2. The van der Waals surface area contributed by atoms with Crippen LogP contribution in [0.3, 0.4) is 0 Å². The Balaban J connectivity index is 1.52. The molecule has 0 saturated carbocycles. The number of carbonyl (C=O) groups is 2. The van der Waals surface area contributed by atoms with Crippen molar-refractivity contribution < 1.29 is 28.5 Å². The zero-order valence-corrected chi connectivity index (χ0v) is 24.3. The minimum Gasteiger partial charge on any atom is -0.493 e. The number of aryl methyl sites for hydroxylation is 1. The van der Waals surface area contributed by atoms with E-state index in [0.717, 1.165) is 32.2 Å². The zero-order valence-electron chi connectivity index (χ0n) is 24.3. The van der Waals surface area contributed by atoms with Crippen molar-refractivity contribution >= 4 is 12.0 Å². The zero-order chi connectivity index (χ0) is 28.7. The lowest BCUT2D eigenvalue weighted by Crippen LogP contribution is -2.54. The summed E-state index contributed by atoms with van der Waals surface area (Å²) < 4.78 is 21.9. The van der Waals surface area contributed by atoms with Gasteiger partial charge in [0.25, 0.3) is 5.91 Å². The summed E-state index contributed by atoms with van der Waals surface area (Å²) in [6.45, 7) is 7.38. The number of rotatable bonds is 15. The number of nitrogens with one attached hydrogen (secondary N) is 2. The van der Waals surface area contributed by atoms with Crippen LogP contribution in [0.1, 0.15) is 49.0 Å². The maximum Gasteiger partial charge on any atom is 0.407 e. The Kier molecular flexibility index (Phi) is 13.1. The van der Waals surface area contributed by atoms with Crippen LogP contribution in [-0.2, 0) is 15.9 Å². The van der Waals surface area contributed by atoms with E-state index in [1.54, 1.807) is 32.4 Å². The number of ether oxygens (including phenoxy) is 4. The summed E-state index contributed by atoms with van der Waals surface area (Å²) in [4.78, 5) is 27.9. The van der Waals surface area contributed by atoms with Crippen LogP contribution in [0.25, 0.3) is 0 Å². The molecule has 0 bridgehead atoms. The molecule has 2 atom stereocenters. The van der Waals surface area contributed by atoms with Crippen molar-refractivity contribution in [1.82, 2.24) is 15.5 Å². The molecule has 2 N–H and O–H groups in total. The van der Waals surface area contributed by atoms with Gasteiger partial charge in [0.1, 0.15) is 0 Å². The van der Waals surface area contributed by atoms with Gasteiger partial charge in [0, 0.05) is 63.3 Å². The lowest BCUT2D eigenvalue weighted by atomic mass is 9.94. The van der Waals surface area contributed by atoms with Gasteiger partial charge >= 0.3 is 6.09 Å². The fourth-order valence-corrected chi connectivity index (χ4v) is 5.00. The molecule has 3 rings (SSSR count). The first-order valence-electron chi connectivity index (χ1n) is 14.2. The number of methoxy groups -OCH3 is 2. The monoisotopic (exact) mass is 555 g/mol. The highest BCUT2D eigenvalue weighted by molar-refractivity contribution is 5.95. The molecule has 2 aromatic rings. The highest BCUT2D eigenvalue weighted by Crippen LogP contribution is 2.30. The number of benzene rings is 2. The molecule has 1 fully saturated rings. The van der Waals surface area contributed by atoms with Gasteiger partial charge in [-0.15, -0.1) is 0 Å². The second-order valence-corrected chi connectivity index (χ2v) is 10.4. The Morgan fingerprint density at radius 3 is 2.55 bits per heavy atom. The van der Waals surface area contributed by atoms with Crippen LogP contribution >= 0.6 is 0 Å². The van der Waals surface area contributed by atoms with Gasteiger partial charge in [-0.05, 0) is 56.9 Å². The third kappa shape index (κ3) is 9.71. The number of hydrogen-bond donors (Lipinski definition) is 2. The molecule has 0 spiro atoms. The summed E-state index contributed by atoms with van der Waals surface area (Å²) in [6, 6.07) is 15.5. The van der Waals surface area contributed by atoms with Crippen LogP contribution in [0.2, 0.25) is 0 Å². The first-order chi connectivity index (χ1) is 19.4. The molecule has 0 unspecified atom stereocenters. The fourth-order valence-electron chi connectivity index (χ4n) is 5.00. The van der Waals surface area contributed by atoms with Gasteiger partial charge in [-0.25, -0.2) is 4.79 Å². The molecule has 40 heavy (non-hydrogen) atoms. The summed E-state index contributed by atoms with van der Waals surface area (Å²) >= 11 is 0. The van der Waals surface area contributed by atoms with E-state index in [1.807, 2.05) is 36.9 Å². The molecule has 2 aromatic carbocycles. The van der Waals surface area contributed by atoms with Crippen LogP contribution in [-0.4, -0.2) is 82.7 Å². The van der Waals surface area contributed by atoms with Crippen molar-refractivity contribution in [3.8, 4) is 11.5 Å². The van der Waals surface area contributed by atoms with Gasteiger partial charge in [0.15, 0.2) is 11.5 Å². The molecule has 1 aliphatic heterocycles. The largest absolute Gasteiger partial charge is 0.493 e. The summed E-state index contributed by atoms with van der Waals surface area (Å²) in [6.07, 6.45) is 2.84. The minimum atomic E-state index is -0.400. The van der Waals surface area contributed by atoms with Gasteiger partial charge in [0.2, 0.25) is 0 Å². The van der Waals surface area contributed by atoms with Crippen LogP contribution < -0.4 is 20.1 Å². The van der Waals surface area contributed by atoms with Crippen molar-refractivity contribution in [3.63, 3.8) is 0 Å². The van der Waals surface area contributed by atoms with E-state index < -0.39 is 6.09 Å². The molecule has 0 aromatic heterocycles. The Morgan fingerprint density at radius 1 is 1.02 bits per heavy atom. The Bertz CT molecular complexity index is 1050. The average molecular weight is 556 g/mol. The van der Waals surface area contributed by atoms with Crippen molar-refractivity contribution in [3.05, 3.63) is 59.7 Å². The number of amides is 2. The quantitative estimate of drug-likeness (QED) is 0.316. The maximum absolute atomic E-state index is 13.7. The van der Waals surface area contributed by atoms with E-state index in [-0.39, 0.29) is 23.9 Å². The molecule has 2 amide bonds. The van der Waals surface area contributed by atoms with Crippen molar-refractivity contribution in [2.75, 3.05) is 53.7 Å². The first-order valence-corrected chi connectivity index (χ1v) is 14.2. The van der Waals surface area contributed by atoms with E-state index in [1.165, 1.54) is 5.56 Å². The smallest absolute Gasteiger partial charge is 0.407 e. The van der Waals surface area contributed by atoms with Gasteiger partial charge in [0.05, 0.1) is 20.3 Å². The summed E-state index contributed by atoms with van der Waals surface area (Å²) in [5.41, 5.74) is 1.80. The molecule has 0 radical (unpaired) electrons.